The Kier molecular flexibility index (Phi) is 3.32. The first-order valence-corrected chi connectivity index (χ1v) is 6.93. The van der Waals surface area contributed by atoms with Gasteiger partial charge in [0.25, 0.3) is 0 Å². The van der Waals surface area contributed by atoms with Crippen molar-refractivity contribution < 1.29 is 8.42 Å². The van der Waals surface area contributed by atoms with Crippen LogP contribution in [0.2, 0.25) is 0 Å². The van der Waals surface area contributed by atoms with Crippen molar-refractivity contribution in [1.29, 1.82) is 0 Å². The topological polar surface area (TPSA) is 97.1 Å². The Morgan fingerprint density at radius 3 is 2.88 bits per heavy atom. The first-order valence-electron chi connectivity index (χ1n) is 5.45. The summed E-state index contributed by atoms with van der Waals surface area (Å²) in [6.07, 6.45) is 2.50. The van der Waals surface area contributed by atoms with Gasteiger partial charge in [0.05, 0.1) is 4.90 Å². The van der Waals surface area contributed by atoms with E-state index >= 15 is 0 Å². The number of hydrogen-bond donors (Lipinski definition) is 3. The summed E-state index contributed by atoms with van der Waals surface area (Å²) in [4.78, 5) is 4.04. The third-order valence-corrected chi connectivity index (χ3v) is 4.42. The minimum absolute atomic E-state index is 0.175. The lowest BCUT2D eigenvalue weighted by molar-refractivity contribution is 0.574. The van der Waals surface area contributed by atoms with Crippen molar-refractivity contribution in [2.75, 3.05) is 12.0 Å². The van der Waals surface area contributed by atoms with Crippen molar-refractivity contribution in [2.45, 2.75) is 18.2 Å². The van der Waals surface area contributed by atoms with Crippen LogP contribution in [0.5, 0.6) is 0 Å². The summed E-state index contributed by atoms with van der Waals surface area (Å²) in [5, 5.41) is 0. The number of nitrogens with one attached hydrogen (secondary N) is 2. The van der Waals surface area contributed by atoms with Crippen LogP contribution in [0, 0.1) is 11.8 Å². The average molecular weight is 256 g/mol. The van der Waals surface area contributed by atoms with Crippen LogP contribution < -0.4 is 16.0 Å². The summed E-state index contributed by atoms with van der Waals surface area (Å²) in [5.41, 5.74) is 2.32. The van der Waals surface area contributed by atoms with Crippen molar-refractivity contribution in [3.8, 4) is 0 Å². The van der Waals surface area contributed by atoms with Crippen LogP contribution in [0.1, 0.15) is 13.3 Å². The van der Waals surface area contributed by atoms with Crippen molar-refractivity contribution in [2.24, 2.45) is 17.7 Å². The van der Waals surface area contributed by atoms with Crippen LogP contribution in [0.3, 0.4) is 0 Å². The normalized spacial score (nSPS) is 23.4. The Morgan fingerprint density at radius 2 is 2.29 bits per heavy atom. The Balaban J connectivity index is 2.07. The molecule has 94 valence electrons. The second kappa shape index (κ2) is 4.59. The maximum atomic E-state index is 11.9. The molecule has 1 aliphatic rings. The van der Waals surface area contributed by atoms with Gasteiger partial charge in [-0.05, 0) is 24.3 Å². The first kappa shape index (κ1) is 12.3. The summed E-state index contributed by atoms with van der Waals surface area (Å²) >= 11 is 0. The largest absolute Gasteiger partial charge is 0.308 e. The number of nitrogens with zero attached hydrogens (tertiary/aromatic N) is 1. The van der Waals surface area contributed by atoms with Crippen molar-refractivity contribution in [1.82, 2.24) is 9.71 Å². The maximum Gasteiger partial charge on any atom is 0.240 e. The molecular weight excluding hydrogens is 240 g/mol. The summed E-state index contributed by atoms with van der Waals surface area (Å²) < 4.78 is 26.5. The minimum Gasteiger partial charge on any atom is -0.308 e. The molecule has 7 heteroatoms. The van der Waals surface area contributed by atoms with E-state index in [2.05, 4.69) is 22.1 Å². The van der Waals surface area contributed by atoms with Gasteiger partial charge in [0.2, 0.25) is 10.0 Å². The van der Waals surface area contributed by atoms with Gasteiger partial charge in [-0.1, -0.05) is 6.92 Å². The molecule has 1 aromatic heterocycles. The highest BCUT2D eigenvalue weighted by atomic mass is 32.2. The Labute approximate surface area is 101 Å². The fourth-order valence-corrected chi connectivity index (χ4v) is 2.75. The molecule has 4 N–H and O–H groups in total. The number of hydrazine groups is 1. The van der Waals surface area contributed by atoms with E-state index in [9.17, 15) is 8.42 Å². The van der Waals surface area contributed by atoms with Crippen LogP contribution in [0.4, 0.5) is 5.82 Å². The molecule has 1 heterocycles. The third-order valence-electron chi connectivity index (χ3n) is 3.00. The van der Waals surface area contributed by atoms with E-state index in [0.717, 1.165) is 6.42 Å². The molecule has 0 spiro atoms. The monoisotopic (exact) mass is 256 g/mol. The van der Waals surface area contributed by atoms with E-state index in [0.29, 0.717) is 24.2 Å². The number of aromatic nitrogens is 1. The molecule has 0 amide bonds. The van der Waals surface area contributed by atoms with Crippen molar-refractivity contribution in [3.05, 3.63) is 18.3 Å². The number of pyridine rings is 1. The van der Waals surface area contributed by atoms with E-state index in [4.69, 9.17) is 5.84 Å². The van der Waals surface area contributed by atoms with Crippen LogP contribution in [-0.2, 0) is 10.0 Å². The van der Waals surface area contributed by atoms with Gasteiger partial charge in [0.15, 0.2) is 0 Å². The first-order chi connectivity index (χ1) is 8.03. The maximum absolute atomic E-state index is 11.9. The SMILES string of the molecule is CC1CC1CNS(=O)(=O)c1ccnc(NN)c1. The van der Waals surface area contributed by atoms with Crippen LogP contribution >= 0.6 is 0 Å². The second-order valence-electron chi connectivity index (χ2n) is 4.35. The van der Waals surface area contributed by atoms with Gasteiger partial charge >= 0.3 is 0 Å². The zero-order valence-corrected chi connectivity index (χ0v) is 10.4. The van der Waals surface area contributed by atoms with E-state index in [1.807, 2.05) is 0 Å². The van der Waals surface area contributed by atoms with Gasteiger partial charge in [-0.2, -0.15) is 0 Å². The van der Waals surface area contributed by atoms with Crippen molar-refractivity contribution in [3.63, 3.8) is 0 Å². The highest BCUT2D eigenvalue weighted by Crippen LogP contribution is 2.37. The van der Waals surface area contributed by atoms with E-state index in [1.165, 1.54) is 18.3 Å². The molecule has 17 heavy (non-hydrogen) atoms. The number of nitrogen functional groups attached to an aromatic ring is 1. The summed E-state index contributed by atoms with van der Waals surface area (Å²) in [6.45, 7) is 2.61. The van der Waals surface area contributed by atoms with E-state index in [-0.39, 0.29) is 4.90 Å². The number of nitrogens with two attached hydrogens (primary N) is 1. The Hall–Kier alpha value is -1.18. The standard InChI is InChI=1S/C10H16N4O2S/c1-7-4-8(7)6-13-17(15,16)9-2-3-12-10(5-9)14-11/h2-3,5,7-8,13H,4,6,11H2,1H3,(H,12,14). The number of hydrogen-bond acceptors (Lipinski definition) is 5. The molecule has 2 unspecified atom stereocenters. The molecule has 0 bridgehead atoms. The molecule has 1 aliphatic carbocycles. The molecule has 2 rings (SSSR count). The number of anilines is 1. The van der Waals surface area contributed by atoms with E-state index < -0.39 is 10.0 Å². The van der Waals surface area contributed by atoms with Crippen LogP contribution in [0.15, 0.2) is 23.2 Å². The molecule has 2 atom stereocenters. The average Bonchev–Trinajstić information content (AvgIpc) is 3.03. The molecule has 0 saturated heterocycles. The molecule has 0 aromatic carbocycles. The summed E-state index contributed by atoms with van der Waals surface area (Å²) in [6, 6.07) is 2.85. The van der Waals surface area contributed by atoms with Gasteiger partial charge in [0, 0.05) is 18.8 Å². The van der Waals surface area contributed by atoms with Crippen molar-refractivity contribution >= 4 is 15.8 Å². The third kappa shape index (κ3) is 2.93. The Bertz CT molecular complexity index is 503. The zero-order valence-electron chi connectivity index (χ0n) is 9.55. The highest BCUT2D eigenvalue weighted by molar-refractivity contribution is 7.89. The highest BCUT2D eigenvalue weighted by Gasteiger charge is 2.33. The predicted molar refractivity (Wildman–Crippen MR) is 64.5 cm³/mol. The molecular formula is C10H16N4O2S. The van der Waals surface area contributed by atoms with Crippen LogP contribution in [0.25, 0.3) is 0 Å². The lowest BCUT2D eigenvalue weighted by atomic mass is 10.3. The number of rotatable bonds is 5. The lowest BCUT2D eigenvalue weighted by Gasteiger charge is -2.07. The Morgan fingerprint density at radius 1 is 1.59 bits per heavy atom. The molecule has 1 fully saturated rings. The molecule has 0 aliphatic heterocycles. The minimum atomic E-state index is -3.46. The predicted octanol–water partition coefficient (Wildman–Crippen LogP) is 0.302. The van der Waals surface area contributed by atoms with Crippen LogP contribution in [-0.4, -0.2) is 19.9 Å². The van der Waals surface area contributed by atoms with E-state index in [1.54, 1.807) is 0 Å². The fraction of sp³-hybridized carbons (Fsp3) is 0.500. The summed E-state index contributed by atoms with van der Waals surface area (Å²) in [7, 11) is -3.46. The zero-order chi connectivity index (χ0) is 12.5. The number of sulfonamides is 1. The van der Waals surface area contributed by atoms with Gasteiger partial charge in [-0.3, -0.25) is 0 Å². The van der Waals surface area contributed by atoms with Gasteiger partial charge < -0.3 is 5.43 Å². The molecule has 6 nitrogen and oxygen atoms in total. The van der Waals surface area contributed by atoms with Gasteiger partial charge in [0.1, 0.15) is 5.82 Å². The smallest absolute Gasteiger partial charge is 0.240 e. The lowest BCUT2D eigenvalue weighted by Crippen LogP contribution is -2.26. The molecule has 1 aromatic rings. The molecule has 0 radical (unpaired) electrons. The second-order valence-corrected chi connectivity index (χ2v) is 6.11. The van der Waals surface area contributed by atoms with Gasteiger partial charge in [-0.15, -0.1) is 0 Å². The fourth-order valence-electron chi connectivity index (χ4n) is 1.64. The molecule has 1 saturated carbocycles. The quantitative estimate of drug-likeness (QED) is 0.520. The summed E-state index contributed by atoms with van der Waals surface area (Å²) in [5.74, 6) is 6.60. The van der Waals surface area contributed by atoms with Gasteiger partial charge in [-0.25, -0.2) is 24.0 Å².